The van der Waals surface area contributed by atoms with Gasteiger partial charge in [-0.3, -0.25) is 0 Å². The van der Waals surface area contributed by atoms with Gasteiger partial charge in [-0.05, 0) is 30.7 Å². The van der Waals surface area contributed by atoms with Crippen molar-refractivity contribution in [1.29, 1.82) is 0 Å². The van der Waals surface area contributed by atoms with Gasteiger partial charge in [0.25, 0.3) is 0 Å². The molecule has 0 heterocycles. The monoisotopic (exact) mass is 183 g/mol. The van der Waals surface area contributed by atoms with E-state index in [0.29, 0.717) is 5.41 Å². The Morgan fingerprint density at radius 3 is 2.85 bits per heavy atom. The first-order valence-corrected chi connectivity index (χ1v) is 5.87. The van der Waals surface area contributed by atoms with Crippen LogP contribution in [-0.4, -0.2) is 13.1 Å². The molecule has 0 spiro atoms. The van der Waals surface area contributed by atoms with E-state index >= 15 is 0 Å². The highest BCUT2D eigenvalue weighted by atomic mass is 14.9. The Hall–Kier alpha value is -0.0400. The summed E-state index contributed by atoms with van der Waals surface area (Å²) in [6.07, 6.45) is 7.17. The smallest absolute Gasteiger partial charge is 0.000514 e. The third-order valence-electron chi connectivity index (χ3n) is 3.37. The van der Waals surface area contributed by atoms with Crippen LogP contribution >= 0.6 is 0 Å². The van der Waals surface area contributed by atoms with Gasteiger partial charge in [0.2, 0.25) is 0 Å². The standard InChI is InChI=1S/C12H25N/c1-4-13-10-12(3)8-6-5-7-11(2)9-12/h11,13H,4-10H2,1-3H3. The largest absolute Gasteiger partial charge is 0.316 e. The minimum atomic E-state index is 0.575. The summed E-state index contributed by atoms with van der Waals surface area (Å²) in [6.45, 7) is 9.40. The van der Waals surface area contributed by atoms with Gasteiger partial charge >= 0.3 is 0 Å². The fourth-order valence-electron chi connectivity index (χ4n) is 2.68. The molecule has 1 heteroatoms. The van der Waals surface area contributed by atoms with Crippen LogP contribution in [0.25, 0.3) is 0 Å². The summed E-state index contributed by atoms with van der Waals surface area (Å²) >= 11 is 0. The van der Waals surface area contributed by atoms with Crippen LogP contribution in [0.2, 0.25) is 0 Å². The molecule has 2 atom stereocenters. The summed E-state index contributed by atoms with van der Waals surface area (Å²) in [5.41, 5.74) is 0.575. The van der Waals surface area contributed by atoms with E-state index in [-0.39, 0.29) is 0 Å². The maximum atomic E-state index is 3.51. The molecule has 1 rings (SSSR count). The van der Waals surface area contributed by atoms with Crippen LogP contribution < -0.4 is 5.32 Å². The topological polar surface area (TPSA) is 12.0 Å². The molecular weight excluding hydrogens is 158 g/mol. The van der Waals surface area contributed by atoms with Gasteiger partial charge in [-0.1, -0.05) is 40.0 Å². The summed E-state index contributed by atoms with van der Waals surface area (Å²) in [6, 6.07) is 0. The van der Waals surface area contributed by atoms with Crippen LogP contribution in [0.5, 0.6) is 0 Å². The van der Waals surface area contributed by atoms with Crippen molar-refractivity contribution >= 4 is 0 Å². The van der Waals surface area contributed by atoms with E-state index in [1.165, 1.54) is 38.6 Å². The number of hydrogen-bond donors (Lipinski definition) is 1. The van der Waals surface area contributed by atoms with Crippen LogP contribution in [0.3, 0.4) is 0 Å². The summed E-state index contributed by atoms with van der Waals surface area (Å²) in [7, 11) is 0. The predicted octanol–water partition coefficient (Wildman–Crippen LogP) is 3.20. The number of nitrogens with one attached hydrogen (secondary N) is 1. The maximum absolute atomic E-state index is 3.51. The Morgan fingerprint density at radius 2 is 2.15 bits per heavy atom. The third kappa shape index (κ3) is 3.68. The van der Waals surface area contributed by atoms with Crippen molar-refractivity contribution in [3.05, 3.63) is 0 Å². The Balaban J connectivity index is 2.43. The normalized spacial score (nSPS) is 35.8. The lowest BCUT2D eigenvalue weighted by Gasteiger charge is -2.30. The highest BCUT2D eigenvalue weighted by molar-refractivity contribution is 4.81. The Morgan fingerprint density at radius 1 is 1.38 bits per heavy atom. The molecule has 1 fully saturated rings. The predicted molar refractivity (Wildman–Crippen MR) is 58.9 cm³/mol. The lowest BCUT2D eigenvalue weighted by molar-refractivity contribution is 0.237. The molecule has 13 heavy (non-hydrogen) atoms. The van der Waals surface area contributed by atoms with E-state index < -0.39 is 0 Å². The van der Waals surface area contributed by atoms with Gasteiger partial charge < -0.3 is 5.32 Å². The molecule has 0 aromatic heterocycles. The molecule has 0 radical (unpaired) electrons. The average Bonchev–Trinajstić information content (AvgIpc) is 2.24. The van der Waals surface area contributed by atoms with E-state index in [1.807, 2.05) is 0 Å². The molecule has 0 aromatic carbocycles. The molecule has 0 amide bonds. The van der Waals surface area contributed by atoms with Crippen LogP contribution in [0, 0.1) is 11.3 Å². The van der Waals surface area contributed by atoms with Crippen LogP contribution in [0.15, 0.2) is 0 Å². The maximum Gasteiger partial charge on any atom is 0.000514 e. The molecule has 1 saturated carbocycles. The van der Waals surface area contributed by atoms with Crippen molar-refractivity contribution in [2.24, 2.45) is 11.3 Å². The van der Waals surface area contributed by atoms with Crippen molar-refractivity contribution in [1.82, 2.24) is 5.32 Å². The molecule has 0 aromatic rings. The van der Waals surface area contributed by atoms with E-state index in [1.54, 1.807) is 0 Å². The molecule has 1 nitrogen and oxygen atoms in total. The molecule has 0 bridgehead atoms. The summed E-state index contributed by atoms with van der Waals surface area (Å²) in [5, 5.41) is 3.51. The van der Waals surface area contributed by atoms with E-state index in [4.69, 9.17) is 0 Å². The van der Waals surface area contributed by atoms with Crippen molar-refractivity contribution < 1.29 is 0 Å². The van der Waals surface area contributed by atoms with Gasteiger partial charge in [0.15, 0.2) is 0 Å². The van der Waals surface area contributed by atoms with Crippen LogP contribution in [0.1, 0.15) is 52.9 Å². The minimum Gasteiger partial charge on any atom is -0.316 e. The Labute approximate surface area is 83.3 Å². The summed E-state index contributed by atoms with van der Waals surface area (Å²) < 4.78 is 0. The lowest BCUT2D eigenvalue weighted by atomic mass is 9.79. The SMILES string of the molecule is CCNCC1(C)CCCCC(C)C1. The van der Waals surface area contributed by atoms with Gasteiger partial charge in [-0.2, -0.15) is 0 Å². The van der Waals surface area contributed by atoms with Crippen molar-refractivity contribution in [3.63, 3.8) is 0 Å². The summed E-state index contributed by atoms with van der Waals surface area (Å²) in [4.78, 5) is 0. The molecular formula is C12H25N. The third-order valence-corrected chi connectivity index (χ3v) is 3.37. The first-order valence-electron chi connectivity index (χ1n) is 5.87. The Kier molecular flexibility index (Phi) is 4.24. The van der Waals surface area contributed by atoms with Crippen LogP contribution in [0.4, 0.5) is 0 Å². The van der Waals surface area contributed by atoms with E-state index in [9.17, 15) is 0 Å². The number of hydrogen-bond acceptors (Lipinski definition) is 1. The van der Waals surface area contributed by atoms with Gasteiger partial charge in [0.1, 0.15) is 0 Å². The second-order valence-electron chi connectivity index (χ2n) is 5.15. The van der Waals surface area contributed by atoms with Crippen LogP contribution in [-0.2, 0) is 0 Å². The zero-order valence-corrected chi connectivity index (χ0v) is 9.53. The first kappa shape index (κ1) is 11.0. The molecule has 1 aliphatic carbocycles. The zero-order valence-electron chi connectivity index (χ0n) is 9.53. The highest BCUT2D eigenvalue weighted by Crippen LogP contribution is 2.36. The van der Waals surface area contributed by atoms with Gasteiger partial charge in [-0.15, -0.1) is 0 Å². The molecule has 78 valence electrons. The first-order chi connectivity index (χ1) is 6.16. The second kappa shape index (κ2) is 4.99. The van der Waals surface area contributed by atoms with E-state index in [0.717, 1.165) is 12.5 Å². The van der Waals surface area contributed by atoms with Crippen molar-refractivity contribution in [3.8, 4) is 0 Å². The fourth-order valence-corrected chi connectivity index (χ4v) is 2.68. The highest BCUT2D eigenvalue weighted by Gasteiger charge is 2.27. The Bertz CT molecular complexity index is 144. The minimum absolute atomic E-state index is 0.575. The molecule has 1 aliphatic rings. The van der Waals surface area contributed by atoms with Gasteiger partial charge in [0.05, 0.1) is 0 Å². The molecule has 0 saturated heterocycles. The summed E-state index contributed by atoms with van der Waals surface area (Å²) in [5.74, 6) is 0.936. The second-order valence-corrected chi connectivity index (χ2v) is 5.15. The van der Waals surface area contributed by atoms with E-state index in [2.05, 4.69) is 26.1 Å². The van der Waals surface area contributed by atoms with Crippen molar-refractivity contribution in [2.45, 2.75) is 52.9 Å². The zero-order chi connectivity index (χ0) is 9.73. The molecule has 1 N–H and O–H groups in total. The molecule has 2 unspecified atom stereocenters. The number of rotatable bonds is 3. The molecule has 0 aliphatic heterocycles. The van der Waals surface area contributed by atoms with Gasteiger partial charge in [-0.25, -0.2) is 0 Å². The lowest BCUT2D eigenvalue weighted by Crippen LogP contribution is -2.32. The quantitative estimate of drug-likeness (QED) is 0.663. The fraction of sp³-hybridized carbons (Fsp3) is 1.00. The van der Waals surface area contributed by atoms with Gasteiger partial charge in [0, 0.05) is 6.54 Å². The van der Waals surface area contributed by atoms with Crippen molar-refractivity contribution in [2.75, 3.05) is 13.1 Å². The average molecular weight is 183 g/mol.